The van der Waals surface area contributed by atoms with Crippen molar-refractivity contribution in [2.75, 3.05) is 13.1 Å². The molecule has 0 saturated carbocycles. The van der Waals surface area contributed by atoms with Crippen LogP contribution in [0.25, 0.3) is 0 Å². The monoisotopic (exact) mass is 202 g/mol. The molecule has 0 aromatic carbocycles. The lowest BCUT2D eigenvalue weighted by atomic mass is 9.97. The summed E-state index contributed by atoms with van der Waals surface area (Å²) in [5.41, 5.74) is 4.45. The molecule has 1 amide bonds. The minimum atomic E-state index is -0.655. The Bertz CT molecular complexity index is 179. The number of nitrogens with two attached hydrogens (primary N) is 1. The molecule has 4 heteroatoms. The summed E-state index contributed by atoms with van der Waals surface area (Å²) >= 11 is 0. The Hall–Kier alpha value is -0.610. The number of aliphatic hydroxyl groups is 1. The Labute approximate surface area is 85.9 Å². The molecular formula is C10H22N2O2. The van der Waals surface area contributed by atoms with Crippen molar-refractivity contribution in [3.63, 3.8) is 0 Å². The highest BCUT2D eigenvalue weighted by atomic mass is 16.3. The summed E-state index contributed by atoms with van der Waals surface area (Å²) in [5.74, 6) is -0.498. The normalized spacial score (nSPS) is 14.0. The zero-order valence-electron chi connectivity index (χ0n) is 9.34. The Morgan fingerprint density at radius 1 is 1.50 bits per heavy atom. The standard InChI is InChI=1S/C10H22N2O2/c1-4-10(14,5-2)7-12-6-8(3)9(11)13/h8,12,14H,4-7H2,1-3H3,(H2,11,13). The molecule has 0 aliphatic carbocycles. The van der Waals surface area contributed by atoms with Gasteiger partial charge in [-0.05, 0) is 12.8 Å². The summed E-state index contributed by atoms with van der Waals surface area (Å²) < 4.78 is 0. The first-order valence-corrected chi connectivity index (χ1v) is 5.17. The van der Waals surface area contributed by atoms with Crippen LogP contribution in [0.3, 0.4) is 0 Å². The summed E-state index contributed by atoms with van der Waals surface area (Å²) in [7, 11) is 0. The van der Waals surface area contributed by atoms with Gasteiger partial charge in [0.2, 0.25) is 5.91 Å². The molecule has 0 aromatic rings. The molecule has 0 fully saturated rings. The topological polar surface area (TPSA) is 75.3 Å². The van der Waals surface area contributed by atoms with Crippen LogP contribution < -0.4 is 11.1 Å². The van der Waals surface area contributed by atoms with Gasteiger partial charge in [-0.25, -0.2) is 0 Å². The van der Waals surface area contributed by atoms with Gasteiger partial charge < -0.3 is 16.2 Å². The lowest BCUT2D eigenvalue weighted by Crippen LogP contribution is -2.42. The highest BCUT2D eigenvalue weighted by Gasteiger charge is 2.21. The zero-order valence-corrected chi connectivity index (χ0v) is 9.34. The van der Waals surface area contributed by atoms with Crippen LogP contribution >= 0.6 is 0 Å². The summed E-state index contributed by atoms with van der Waals surface area (Å²) in [6, 6.07) is 0. The van der Waals surface area contributed by atoms with Crippen LogP contribution in [-0.2, 0) is 4.79 Å². The molecule has 1 unspecified atom stereocenters. The van der Waals surface area contributed by atoms with Crippen molar-refractivity contribution in [2.24, 2.45) is 11.7 Å². The van der Waals surface area contributed by atoms with E-state index in [4.69, 9.17) is 5.73 Å². The molecule has 0 aromatic heterocycles. The van der Waals surface area contributed by atoms with E-state index >= 15 is 0 Å². The van der Waals surface area contributed by atoms with E-state index in [1.54, 1.807) is 6.92 Å². The van der Waals surface area contributed by atoms with Crippen LogP contribution in [0.5, 0.6) is 0 Å². The predicted octanol–water partition coefficient (Wildman–Crippen LogP) is 0.248. The third-order valence-corrected chi connectivity index (χ3v) is 2.71. The van der Waals surface area contributed by atoms with Gasteiger partial charge in [0, 0.05) is 19.0 Å². The minimum Gasteiger partial charge on any atom is -0.389 e. The van der Waals surface area contributed by atoms with E-state index in [9.17, 15) is 9.90 Å². The number of rotatable bonds is 7. The van der Waals surface area contributed by atoms with Gasteiger partial charge >= 0.3 is 0 Å². The Kier molecular flexibility index (Phi) is 5.72. The molecule has 0 radical (unpaired) electrons. The van der Waals surface area contributed by atoms with Gasteiger partial charge in [0.05, 0.1) is 5.60 Å². The number of nitrogens with one attached hydrogen (secondary N) is 1. The quantitative estimate of drug-likeness (QED) is 0.554. The van der Waals surface area contributed by atoms with Crippen molar-refractivity contribution in [1.82, 2.24) is 5.32 Å². The van der Waals surface area contributed by atoms with E-state index in [0.717, 1.165) is 0 Å². The first-order valence-electron chi connectivity index (χ1n) is 5.17. The summed E-state index contributed by atoms with van der Waals surface area (Å²) in [4.78, 5) is 10.7. The average Bonchev–Trinajstić information content (AvgIpc) is 2.17. The van der Waals surface area contributed by atoms with E-state index in [1.165, 1.54) is 0 Å². The van der Waals surface area contributed by atoms with Crippen LogP contribution in [0.4, 0.5) is 0 Å². The number of carbonyl (C=O) groups excluding carboxylic acids is 1. The van der Waals surface area contributed by atoms with Crippen molar-refractivity contribution < 1.29 is 9.90 Å². The maximum Gasteiger partial charge on any atom is 0.221 e. The second kappa shape index (κ2) is 5.98. The number of primary amides is 1. The van der Waals surface area contributed by atoms with Gasteiger partial charge in [-0.3, -0.25) is 4.79 Å². The van der Waals surface area contributed by atoms with Crippen LogP contribution in [0.2, 0.25) is 0 Å². The molecule has 84 valence electrons. The van der Waals surface area contributed by atoms with Gasteiger partial charge in [0.15, 0.2) is 0 Å². The molecule has 0 aliphatic rings. The Morgan fingerprint density at radius 3 is 2.36 bits per heavy atom. The van der Waals surface area contributed by atoms with Crippen molar-refractivity contribution in [2.45, 2.75) is 39.2 Å². The van der Waals surface area contributed by atoms with Crippen molar-refractivity contribution >= 4 is 5.91 Å². The molecule has 1 atom stereocenters. The smallest absolute Gasteiger partial charge is 0.221 e. The summed E-state index contributed by atoms with van der Waals surface area (Å²) in [6.07, 6.45) is 1.42. The number of hydrogen-bond donors (Lipinski definition) is 3. The second-order valence-electron chi connectivity index (χ2n) is 3.87. The van der Waals surface area contributed by atoms with Crippen molar-refractivity contribution in [3.05, 3.63) is 0 Å². The first-order chi connectivity index (χ1) is 6.45. The molecule has 4 nitrogen and oxygen atoms in total. The summed E-state index contributed by atoms with van der Waals surface area (Å²) in [5, 5.41) is 13.0. The predicted molar refractivity (Wildman–Crippen MR) is 56.8 cm³/mol. The maximum atomic E-state index is 10.7. The first kappa shape index (κ1) is 13.4. The largest absolute Gasteiger partial charge is 0.389 e. The summed E-state index contributed by atoms with van der Waals surface area (Å²) in [6.45, 7) is 6.70. The van der Waals surface area contributed by atoms with Crippen LogP contribution in [0.15, 0.2) is 0 Å². The molecule has 0 rings (SSSR count). The number of carbonyl (C=O) groups is 1. The Balaban J connectivity index is 3.77. The van der Waals surface area contributed by atoms with E-state index in [0.29, 0.717) is 25.9 Å². The molecule has 0 aliphatic heterocycles. The number of hydrogen-bond acceptors (Lipinski definition) is 3. The van der Waals surface area contributed by atoms with Crippen molar-refractivity contribution in [1.29, 1.82) is 0 Å². The SMILES string of the molecule is CCC(O)(CC)CNCC(C)C(N)=O. The van der Waals surface area contributed by atoms with Gasteiger partial charge in [0.25, 0.3) is 0 Å². The third-order valence-electron chi connectivity index (χ3n) is 2.71. The third kappa shape index (κ3) is 4.58. The molecule has 4 N–H and O–H groups in total. The van der Waals surface area contributed by atoms with Gasteiger partial charge in [0.1, 0.15) is 0 Å². The second-order valence-corrected chi connectivity index (χ2v) is 3.87. The minimum absolute atomic E-state index is 0.187. The van der Waals surface area contributed by atoms with Gasteiger partial charge in [-0.1, -0.05) is 20.8 Å². The number of amides is 1. The molecule has 0 spiro atoms. The van der Waals surface area contributed by atoms with Crippen LogP contribution in [-0.4, -0.2) is 29.7 Å². The Morgan fingerprint density at radius 2 is 2.00 bits per heavy atom. The fourth-order valence-corrected chi connectivity index (χ4v) is 1.12. The lowest BCUT2D eigenvalue weighted by molar-refractivity contribution is -0.121. The highest BCUT2D eigenvalue weighted by molar-refractivity contribution is 5.76. The molecule has 14 heavy (non-hydrogen) atoms. The van der Waals surface area contributed by atoms with Crippen LogP contribution in [0, 0.1) is 5.92 Å². The fraction of sp³-hybridized carbons (Fsp3) is 0.900. The average molecular weight is 202 g/mol. The highest BCUT2D eigenvalue weighted by Crippen LogP contribution is 2.12. The van der Waals surface area contributed by atoms with E-state index in [-0.39, 0.29) is 11.8 Å². The zero-order chi connectivity index (χ0) is 11.2. The lowest BCUT2D eigenvalue weighted by Gasteiger charge is -2.26. The molecule has 0 heterocycles. The van der Waals surface area contributed by atoms with E-state index in [2.05, 4.69) is 5.32 Å². The fourth-order valence-electron chi connectivity index (χ4n) is 1.12. The molecule has 0 bridgehead atoms. The van der Waals surface area contributed by atoms with E-state index in [1.807, 2.05) is 13.8 Å². The van der Waals surface area contributed by atoms with Gasteiger partial charge in [-0.15, -0.1) is 0 Å². The van der Waals surface area contributed by atoms with Gasteiger partial charge in [-0.2, -0.15) is 0 Å². The molecular weight excluding hydrogens is 180 g/mol. The molecule has 0 saturated heterocycles. The van der Waals surface area contributed by atoms with E-state index < -0.39 is 5.60 Å². The van der Waals surface area contributed by atoms with Crippen LogP contribution in [0.1, 0.15) is 33.6 Å². The van der Waals surface area contributed by atoms with Crippen molar-refractivity contribution in [3.8, 4) is 0 Å². The maximum absolute atomic E-state index is 10.7.